The summed E-state index contributed by atoms with van der Waals surface area (Å²) >= 11 is 0. The molecule has 0 aromatic rings. The van der Waals surface area contributed by atoms with E-state index in [2.05, 4.69) is 9.80 Å². The largest absolute Gasteiger partial charge is 0.460 e. The maximum Gasteiger partial charge on any atom is 0.306 e. The molecule has 21 heavy (non-hydrogen) atoms. The van der Waals surface area contributed by atoms with E-state index in [1.807, 2.05) is 20.8 Å². The zero-order valence-electron chi connectivity index (χ0n) is 14.1. The van der Waals surface area contributed by atoms with Crippen molar-refractivity contribution in [3.63, 3.8) is 0 Å². The molecule has 1 aliphatic heterocycles. The van der Waals surface area contributed by atoms with E-state index in [0.29, 0.717) is 6.42 Å². The van der Waals surface area contributed by atoms with Gasteiger partial charge < -0.3 is 20.3 Å². The average Bonchev–Trinajstić information content (AvgIpc) is 2.41. The molecule has 0 unspecified atom stereocenters. The van der Waals surface area contributed by atoms with Crippen molar-refractivity contribution < 1.29 is 9.53 Å². The number of nitrogens with two attached hydrogens (primary N) is 1. The van der Waals surface area contributed by atoms with Crippen molar-refractivity contribution >= 4 is 5.97 Å². The van der Waals surface area contributed by atoms with Gasteiger partial charge in [-0.15, -0.1) is 0 Å². The molecule has 2 N–H and O–H groups in total. The first-order chi connectivity index (χ1) is 9.90. The monoisotopic (exact) mass is 299 g/mol. The van der Waals surface area contributed by atoms with Gasteiger partial charge in [0.05, 0.1) is 0 Å². The van der Waals surface area contributed by atoms with Crippen molar-refractivity contribution in [2.45, 2.75) is 52.1 Å². The maximum atomic E-state index is 11.6. The van der Waals surface area contributed by atoms with E-state index in [-0.39, 0.29) is 11.6 Å². The van der Waals surface area contributed by atoms with E-state index < -0.39 is 0 Å². The summed E-state index contributed by atoms with van der Waals surface area (Å²) in [6.07, 6.45) is 3.62. The van der Waals surface area contributed by atoms with Crippen molar-refractivity contribution in [1.82, 2.24) is 9.80 Å². The molecule has 0 aromatic heterocycles. The fourth-order valence-corrected chi connectivity index (χ4v) is 2.55. The van der Waals surface area contributed by atoms with Crippen LogP contribution in [0.1, 0.15) is 46.5 Å². The van der Waals surface area contributed by atoms with E-state index >= 15 is 0 Å². The van der Waals surface area contributed by atoms with Crippen LogP contribution in [0.15, 0.2) is 0 Å². The molecule has 0 aliphatic carbocycles. The Morgan fingerprint density at radius 3 is 2.00 bits per heavy atom. The molecular formula is C16H33N3O2. The quantitative estimate of drug-likeness (QED) is 0.543. The number of esters is 1. The highest BCUT2D eigenvalue weighted by molar-refractivity contribution is 5.69. The molecule has 1 saturated heterocycles. The van der Waals surface area contributed by atoms with Gasteiger partial charge in [0.25, 0.3) is 0 Å². The number of unbranched alkanes of at least 4 members (excludes halogenated alkanes) is 1. The number of carbonyl (C=O) groups excluding carboxylic acids is 1. The number of nitrogens with zero attached hydrogens (tertiary/aromatic N) is 2. The second-order valence-corrected chi connectivity index (χ2v) is 6.87. The fraction of sp³-hybridized carbons (Fsp3) is 0.938. The van der Waals surface area contributed by atoms with Crippen molar-refractivity contribution in [1.29, 1.82) is 0 Å². The van der Waals surface area contributed by atoms with Crippen molar-refractivity contribution in [3.8, 4) is 0 Å². The predicted octanol–water partition coefficient (Wildman–Crippen LogP) is 1.46. The molecule has 124 valence electrons. The van der Waals surface area contributed by atoms with Gasteiger partial charge in [0.1, 0.15) is 5.60 Å². The molecule has 0 radical (unpaired) electrons. The van der Waals surface area contributed by atoms with E-state index in [0.717, 1.165) is 65.1 Å². The Labute approximate surface area is 129 Å². The zero-order valence-corrected chi connectivity index (χ0v) is 14.1. The lowest BCUT2D eigenvalue weighted by atomic mass is 10.2. The third-order valence-electron chi connectivity index (χ3n) is 3.67. The van der Waals surface area contributed by atoms with Gasteiger partial charge >= 0.3 is 5.97 Å². The molecule has 0 spiro atoms. The van der Waals surface area contributed by atoms with Gasteiger partial charge in [-0.2, -0.15) is 0 Å². The van der Waals surface area contributed by atoms with Gasteiger partial charge in [0.15, 0.2) is 0 Å². The van der Waals surface area contributed by atoms with E-state index in [1.54, 1.807) is 0 Å². The predicted molar refractivity (Wildman–Crippen MR) is 86.2 cm³/mol. The summed E-state index contributed by atoms with van der Waals surface area (Å²) in [5.41, 5.74) is 5.18. The highest BCUT2D eigenvalue weighted by atomic mass is 16.6. The normalized spacial score (nSPS) is 17.9. The number of hydrogen-bond acceptors (Lipinski definition) is 5. The fourth-order valence-electron chi connectivity index (χ4n) is 2.55. The van der Waals surface area contributed by atoms with Crippen LogP contribution >= 0.6 is 0 Å². The van der Waals surface area contributed by atoms with Crippen LogP contribution in [0.3, 0.4) is 0 Å². The third kappa shape index (κ3) is 9.06. The Hall–Kier alpha value is -0.650. The third-order valence-corrected chi connectivity index (χ3v) is 3.67. The molecule has 1 heterocycles. The van der Waals surface area contributed by atoms with Gasteiger partial charge in [-0.05, 0) is 59.7 Å². The van der Waals surface area contributed by atoms with Gasteiger partial charge in [0.2, 0.25) is 0 Å². The molecule has 5 nitrogen and oxygen atoms in total. The standard InChI is InChI=1S/C16H33N3O2/c1-16(2,3)21-15(20)7-4-5-9-18-11-13-19(14-12-18)10-6-8-17/h4-14,17H2,1-3H3. The van der Waals surface area contributed by atoms with E-state index in [4.69, 9.17) is 10.5 Å². The smallest absolute Gasteiger partial charge is 0.306 e. The first-order valence-electron chi connectivity index (χ1n) is 8.27. The van der Waals surface area contributed by atoms with Crippen molar-refractivity contribution in [3.05, 3.63) is 0 Å². The zero-order chi connectivity index (χ0) is 15.7. The summed E-state index contributed by atoms with van der Waals surface area (Å²) in [6.45, 7) is 13.3. The Morgan fingerprint density at radius 2 is 1.52 bits per heavy atom. The number of piperazine rings is 1. The lowest BCUT2D eigenvalue weighted by Gasteiger charge is -2.34. The average molecular weight is 299 g/mol. The summed E-state index contributed by atoms with van der Waals surface area (Å²) in [5.74, 6) is -0.0749. The van der Waals surface area contributed by atoms with Gasteiger partial charge in [0, 0.05) is 32.6 Å². The summed E-state index contributed by atoms with van der Waals surface area (Å²) < 4.78 is 5.31. The lowest BCUT2D eigenvalue weighted by Crippen LogP contribution is -2.47. The summed E-state index contributed by atoms with van der Waals surface area (Å²) in [5, 5.41) is 0. The van der Waals surface area contributed by atoms with Crippen LogP contribution in [0.5, 0.6) is 0 Å². The maximum absolute atomic E-state index is 11.6. The number of ether oxygens (including phenoxy) is 1. The Morgan fingerprint density at radius 1 is 1.00 bits per heavy atom. The number of hydrogen-bond donors (Lipinski definition) is 1. The van der Waals surface area contributed by atoms with Crippen molar-refractivity contribution in [2.24, 2.45) is 5.73 Å². The van der Waals surface area contributed by atoms with Crippen molar-refractivity contribution in [2.75, 3.05) is 45.8 Å². The first kappa shape index (κ1) is 18.4. The van der Waals surface area contributed by atoms with Crippen LogP contribution in [0.25, 0.3) is 0 Å². The van der Waals surface area contributed by atoms with Gasteiger partial charge in [-0.3, -0.25) is 4.79 Å². The van der Waals surface area contributed by atoms with Gasteiger partial charge in [-0.1, -0.05) is 0 Å². The Kier molecular flexibility index (Phi) is 8.22. The second kappa shape index (κ2) is 9.38. The van der Waals surface area contributed by atoms with Crippen LogP contribution in [0.4, 0.5) is 0 Å². The molecule has 1 aliphatic rings. The first-order valence-corrected chi connectivity index (χ1v) is 8.27. The highest BCUT2D eigenvalue weighted by Crippen LogP contribution is 2.10. The van der Waals surface area contributed by atoms with Crippen LogP contribution < -0.4 is 5.73 Å². The molecule has 1 rings (SSSR count). The molecule has 0 aromatic carbocycles. The molecule has 0 amide bonds. The summed E-state index contributed by atoms with van der Waals surface area (Å²) in [7, 11) is 0. The highest BCUT2D eigenvalue weighted by Gasteiger charge is 2.17. The van der Waals surface area contributed by atoms with E-state index in [9.17, 15) is 4.79 Å². The molecule has 5 heteroatoms. The molecule has 0 bridgehead atoms. The number of rotatable bonds is 8. The molecule has 1 fully saturated rings. The van der Waals surface area contributed by atoms with E-state index in [1.165, 1.54) is 0 Å². The minimum atomic E-state index is -0.364. The van der Waals surface area contributed by atoms with Gasteiger partial charge in [-0.25, -0.2) is 0 Å². The number of carbonyl (C=O) groups is 1. The summed E-state index contributed by atoms with van der Waals surface area (Å²) in [4.78, 5) is 16.6. The Bertz CT molecular complexity index is 294. The van der Waals surface area contributed by atoms with Crippen LogP contribution in [0.2, 0.25) is 0 Å². The second-order valence-electron chi connectivity index (χ2n) is 6.87. The van der Waals surface area contributed by atoms with Crippen LogP contribution in [-0.4, -0.2) is 67.2 Å². The Balaban J connectivity index is 2.03. The topological polar surface area (TPSA) is 58.8 Å². The molecule has 0 saturated carbocycles. The van der Waals surface area contributed by atoms with Crippen LogP contribution in [-0.2, 0) is 9.53 Å². The lowest BCUT2D eigenvalue weighted by molar-refractivity contribution is -0.154. The SMILES string of the molecule is CC(C)(C)OC(=O)CCCCN1CCN(CCCN)CC1. The summed E-state index contributed by atoms with van der Waals surface area (Å²) in [6, 6.07) is 0. The van der Waals surface area contributed by atoms with Crippen LogP contribution in [0, 0.1) is 0 Å². The molecule has 0 atom stereocenters. The molecular weight excluding hydrogens is 266 g/mol. The minimum absolute atomic E-state index is 0.0749. The minimum Gasteiger partial charge on any atom is -0.460 e.